The van der Waals surface area contributed by atoms with Gasteiger partial charge in [0.05, 0.1) is 5.69 Å². The highest BCUT2D eigenvalue weighted by molar-refractivity contribution is 5.93. The predicted octanol–water partition coefficient (Wildman–Crippen LogP) is 8.08. The van der Waals surface area contributed by atoms with Crippen LogP contribution in [0.1, 0.15) is 92.2 Å². The van der Waals surface area contributed by atoms with Gasteiger partial charge in [-0.2, -0.15) is 0 Å². The maximum atomic E-state index is 11.9. The van der Waals surface area contributed by atoms with Crippen molar-refractivity contribution in [1.82, 2.24) is 10.3 Å². The molecule has 1 aromatic carbocycles. The van der Waals surface area contributed by atoms with E-state index >= 15 is 0 Å². The Kier molecular flexibility index (Phi) is 9.20. The number of Topliss-reactive ketones (excluding diaryl/α,β-unsaturated/α-hetero) is 1. The molecule has 3 rings (SSSR count). The fourth-order valence-corrected chi connectivity index (χ4v) is 3.94. The van der Waals surface area contributed by atoms with E-state index in [0.29, 0.717) is 12.1 Å². The summed E-state index contributed by atoms with van der Waals surface area (Å²) in [5.74, 6) is 0.863. The van der Waals surface area contributed by atoms with E-state index in [1.54, 1.807) is 6.07 Å². The quantitative estimate of drug-likeness (QED) is 0.155. The molecule has 34 heavy (non-hydrogen) atoms. The van der Waals surface area contributed by atoms with Gasteiger partial charge >= 0.3 is 0 Å². The van der Waals surface area contributed by atoms with Gasteiger partial charge in [-0.05, 0) is 76.1 Å². The fraction of sp³-hybridized carbons (Fsp3) is 0.414. The summed E-state index contributed by atoms with van der Waals surface area (Å²) in [4.78, 5) is 11.9. The topological polar surface area (TPSA) is 69.1 Å². The molecule has 0 radical (unpaired) electrons. The number of carbonyl (C=O) groups excluding carboxylic acids is 1. The van der Waals surface area contributed by atoms with Crippen molar-refractivity contribution in [1.29, 1.82) is 0 Å². The molecule has 0 aliphatic rings. The molecule has 5 heteroatoms. The maximum absolute atomic E-state index is 11.9. The SMILES string of the molecule is CCC(C)=C(C)/C=C\c1cc(-c2cc(CCCCCCC(=O)c3ccon3)no2)c(C)cc1C. The van der Waals surface area contributed by atoms with E-state index in [9.17, 15) is 4.79 Å². The summed E-state index contributed by atoms with van der Waals surface area (Å²) >= 11 is 0. The van der Waals surface area contributed by atoms with Gasteiger partial charge in [-0.1, -0.05) is 59.4 Å². The summed E-state index contributed by atoms with van der Waals surface area (Å²) in [6.45, 7) is 10.8. The number of carbonyl (C=O) groups is 1. The first-order valence-corrected chi connectivity index (χ1v) is 12.2. The van der Waals surface area contributed by atoms with Crippen LogP contribution in [-0.2, 0) is 6.42 Å². The third kappa shape index (κ3) is 6.89. The molecular formula is C29H36N2O3. The molecule has 0 atom stereocenters. The highest BCUT2D eigenvalue weighted by Gasteiger charge is 2.12. The number of rotatable bonds is 12. The molecule has 5 nitrogen and oxygen atoms in total. The number of aromatic nitrogens is 2. The van der Waals surface area contributed by atoms with Crippen molar-refractivity contribution in [3.8, 4) is 11.3 Å². The zero-order chi connectivity index (χ0) is 24.5. The van der Waals surface area contributed by atoms with Gasteiger partial charge < -0.3 is 9.05 Å². The largest absolute Gasteiger partial charge is 0.364 e. The summed E-state index contributed by atoms with van der Waals surface area (Å²) < 4.78 is 10.4. The van der Waals surface area contributed by atoms with Crippen molar-refractivity contribution in [2.45, 2.75) is 79.6 Å². The van der Waals surface area contributed by atoms with Crippen LogP contribution >= 0.6 is 0 Å². The number of allylic oxidation sites excluding steroid dienone is 3. The van der Waals surface area contributed by atoms with E-state index in [2.05, 4.69) is 75.3 Å². The van der Waals surface area contributed by atoms with Gasteiger partial charge in [0.1, 0.15) is 12.0 Å². The Morgan fingerprint density at radius 1 is 1.00 bits per heavy atom. The smallest absolute Gasteiger partial charge is 0.184 e. The van der Waals surface area contributed by atoms with Gasteiger partial charge in [-0.15, -0.1) is 0 Å². The Hall–Kier alpha value is -3.21. The fourth-order valence-electron chi connectivity index (χ4n) is 3.94. The summed E-state index contributed by atoms with van der Waals surface area (Å²) in [5, 5.41) is 7.99. The number of ketones is 1. The van der Waals surface area contributed by atoms with E-state index in [1.165, 1.54) is 34.1 Å². The van der Waals surface area contributed by atoms with E-state index < -0.39 is 0 Å². The normalized spacial score (nSPS) is 12.4. The lowest BCUT2D eigenvalue weighted by atomic mass is 9.97. The van der Waals surface area contributed by atoms with Crippen LogP contribution in [0.15, 0.2) is 56.8 Å². The minimum atomic E-state index is 0.0456. The van der Waals surface area contributed by atoms with Crippen molar-refractivity contribution in [2.24, 2.45) is 0 Å². The number of unbranched alkanes of at least 4 members (excludes halogenated alkanes) is 3. The molecular weight excluding hydrogens is 424 g/mol. The molecule has 0 bridgehead atoms. The van der Waals surface area contributed by atoms with Crippen molar-refractivity contribution in [3.05, 3.63) is 75.8 Å². The molecule has 0 spiro atoms. The maximum Gasteiger partial charge on any atom is 0.184 e. The van der Waals surface area contributed by atoms with Crippen molar-refractivity contribution in [2.75, 3.05) is 0 Å². The second-order valence-electron chi connectivity index (χ2n) is 9.08. The summed E-state index contributed by atoms with van der Waals surface area (Å²) in [5.41, 5.74) is 8.83. The summed E-state index contributed by atoms with van der Waals surface area (Å²) in [7, 11) is 0. The Morgan fingerprint density at radius 2 is 1.79 bits per heavy atom. The Morgan fingerprint density at radius 3 is 2.53 bits per heavy atom. The van der Waals surface area contributed by atoms with Crippen LogP contribution in [0.5, 0.6) is 0 Å². The molecule has 3 aromatic rings. The first-order chi connectivity index (χ1) is 16.4. The molecule has 0 saturated carbocycles. The van der Waals surface area contributed by atoms with Gasteiger partial charge in [0.25, 0.3) is 0 Å². The van der Waals surface area contributed by atoms with Crippen LogP contribution in [0.4, 0.5) is 0 Å². The van der Waals surface area contributed by atoms with Crippen molar-refractivity contribution < 1.29 is 13.8 Å². The zero-order valence-corrected chi connectivity index (χ0v) is 21.1. The Balaban J connectivity index is 1.54. The van der Waals surface area contributed by atoms with Gasteiger partial charge in [0.15, 0.2) is 11.5 Å². The van der Waals surface area contributed by atoms with Gasteiger partial charge in [-0.25, -0.2) is 0 Å². The van der Waals surface area contributed by atoms with Crippen LogP contribution in [0.3, 0.4) is 0 Å². The zero-order valence-electron chi connectivity index (χ0n) is 21.1. The van der Waals surface area contributed by atoms with Gasteiger partial charge in [0.2, 0.25) is 0 Å². The van der Waals surface area contributed by atoms with Crippen LogP contribution < -0.4 is 0 Å². The second-order valence-corrected chi connectivity index (χ2v) is 9.08. The van der Waals surface area contributed by atoms with E-state index in [-0.39, 0.29) is 5.78 Å². The lowest BCUT2D eigenvalue weighted by Crippen LogP contribution is -1.98. The average molecular weight is 461 g/mol. The first kappa shape index (κ1) is 25.4. The molecule has 2 aromatic heterocycles. The van der Waals surface area contributed by atoms with Crippen molar-refractivity contribution >= 4 is 11.9 Å². The third-order valence-electron chi connectivity index (χ3n) is 6.46. The van der Waals surface area contributed by atoms with Gasteiger partial charge in [0, 0.05) is 24.1 Å². The number of hydrogen-bond donors (Lipinski definition) is 0. The average Bonchev–Trinajstić information content (AvgIpc) is 3.52. The van der Waals surface area contributed by atoms with E-state index in [1.807, 2.05) is 0 Å². The molecule has 0 unspecified atom stereocenters. The Labute approximate surface area is 202 Å². The van der Waals surface area contributed by atoms with Gasteiger partial charge in [-0.3, -0.25) is 4.79 Å². The minimum absolute atomic E-state index is 0.0456. The van der Waals surface area contributed by atoms with Crippen LogP contribution in [0.25, 0.3) is 17.4 Å². The molecule has 180 valence electrons. The molecule has 0 amide bonds. The second kappa shape index (κ2) is 12.3. The third-order valence-corrected chi connectivity index (χ3v) is 6.46. The van der Waals surface area contributed by atoms with Crippen molar-refractivity contribution in [3.63, 3.8) is 0 Å². The highest BCUT2D eigenvalue weighted by Crippen LogP contribution is 2.29. The van der Waals surface area contributed by atoms with Crippen LogP contribution in [-0.4, -0.2) is 16.1 Å². The lowest BCUT2D eigenvalue weighted by Gasteiger charge is -2.08. The highest BCUT2D eigenvalue weighted by atomic mass is 16.5. The summed E-state index contributed by atoms with van der Waals surface area (Å²) in [6.07, 6.45) is 12.2. The van der Waals surface area contributed by atoms with Crippen LogP contribution in [0.2, 0.25) is 0 Å². The number of benzene rings is 1. The summed E-state index contributed by atoms with van der Waals surface area (Å²) in [6, 6.07) is 8.09. The predicted molar refractivity (Wildman–Crippen MR) is 137 cm³/mol. The standard InChI is InChI=1S/C29H36N2O3/c1-6-20(2)21(3)13-14-24-18-26(23(5)17-22(24)4)29-19-25(30-34-29)11-9-7-8-10-12-28(32)27-15-16-33-31-27/h13-19H,6-12H2,1-5H3/b14-13-,21-20?. The monoisotopic (exact) mass is 460 g/mol. The number of aryl methyl sites for hydroxylation is 3. The minimum Gasteiger partial charge on any atom is -0.364 e. The van der Waals surface area contributed by atoms with E-state index in [0.717, 1.165) is 55.5 Å². The molecule has 0 aliphatic heterocycles. The first-order valence-electron chi connectivity index (χ1n) is 12.2. The molecule has 0 saturated heterocycles. The Bertz CT molecular complexity index is 1150. The lowest BCUT2D eigenvalue weighted by molar-refractivity contribution is 0.0970. The number of nitrogens with zero attached hydrogens (tertiary/aromatic N) is 2. The molecule has 0 N–H and O–H groups in total. The van der Waals surface area contributed by atoms with Crippen LogP contribution in [0, 0.1) is 13.8 Å². The molecule has 0 aliphatic carbocycles. The molecule has 2 heterocycles. The molecule has 0 fully saturated rings. The number of hydrogen-bond acceptors (Lipinski definition) is 5. The van der Waals surface area contributed by atoms with E-state index in [4.69, 9.17) is 9.05 Å².